The van der Waals surface area contributed by atoms with Crippen LogP contribution in [0.4, 0.5) is 18.9 Å². The molecule has 12 heteroatoms. The first-order valence-corrected chi connectivity index (χ1v) is 17.1. The van der Waals surface area contributed by atoms with Crippen molar-refractivity contribution in [1.29, 1.82) is 0 Å². The van der Waals surface area contributed by atoms with E-state index >= 15 is 4.39 Å². The zero-order chi connectivity index (χ0) is 33.7. The first-order chi connectivity index (χ1) is 22.5. The van der Waals surface area contributed by atoms with Crippen LogP contribution in [-0.2, 0) is 21.2 Å². The molecule has 3 unspecified atom stereocenters. The van der Waals surface area contributed by atoms with Gasteiger partial charge in [-0.3, -0.25) is 4.79 Å². The van der Waals surface area contributed by atoms with E-state index in [1.807, 2.05) is 0 Å². The molecule has 5 rings (SSSR count). The van der Waals surface area contributed by atoms with E-state index in [1.165, 1.54) is 65.0 Å². The van der Waals surface area contributed by atoms with Crippen molar-refractivity contribution in [2.45, 2.75) is 48.7 Å². The molecule has 4 aromatic carbocycles. The van der Waals surface area contributed by atoms with Crippen LogP contribution in [0.15, 0.2) is 95.9 Å². The Balaban J connectivity index is 1.42. The minimum absolute atomic E-state index is 0.00326. The van der Waals surface area contributed by atoms with Crippen LogP contribution in [0, 0.1) is 17.5 Å². The summed E-state index contributed by atoms with van der Waals surface area (Å²) < 4.78 is 73.1. The van der Waals surface area contributed by atoms with Crippen LogP contribution >= 0.6 is 11.6 Å². The summed E-state index contributed by atoms with van der Waals surface area (Å²) in [6.45, 7) is 2.58. The Morgan fingerprint density at radius 2 is 1.57 bits per heavy atom. The lowest BCUT2D eigenvalue weighted by molar-refractivity contribution is -0.118. The first-order valence-electron chi connectivity index (χ1n) is 15.3. The van der Waals surface area contributed by atoms with Gasteiger partial charge < -0.3 is 16.0 Å². The van der Waals surface area contributed by atoms with Crippen LogP contribution in [-0.4, -0.2) is 56.9 Å². The van der Waals surface area contributed by atoms with Gasteiger partial charge in [0.25, 0.3) is 0 Å². The summed E-state index contributed by atoms with van der Waals surface area (Å²) in [7, 11) is -2.42. The number of benzene rings is 4. The lowest BCUT2D eigenvalue weighted by Crippen LogP contribution is -2.58. The second-order valence-corrected chi connectivity index (χ2v) is 13.8. The Kier molecular flexibility index (Phi) is 11.0. The first kappa shape index (κ1) is 34.6. The van der Waals surface area contributed by atoms with Crippen molar-refractivity contribution in [1.82, 2.24) is 14.9 Å². The molecule has 0 saturated carbocycles. The van der Waals surface area contributed by atoms with Crippen LogP contribution in [0.5, 0.6) is 0 Å². The van der Waals surface area contributed by atoms with Crippen molar-refractivity contribution in [3.05, 3.63) is 130 Å². The number of nitrogens with one attached hydrogen (secondary N) is 3. The van der Waals surface area contributed by atoms with Gasteiger partial charge in [0.1, 0.15) is 22.3 Å². The van der Waals surface area contributed by atoms with Crippen molar-refractivity contribution in [3.8, 4) is 0 Å². The molecule has 1 aliphatic heterocycles. The lowest BCUT2D eigenvalue weighted by Gasteiger charge is -2.40. The van der Waals surface area contributed by atoms with Crippen LogP contribution in [0.25, 0.3) is 0 Å². The monoisotopic (exact) mass is 684 g/mol. The van der Waals surface area contributed by atoms with Crippen molar-refractivity contribution in [2.24, 2.45) is 0 Å². The number of hydrogen-bond donors (Lipinski definition) is 3. The third-order valence-corrected chi connectivity index (χ3v) is 11.0. The number of nitrogens with zero attached hydrogens (tertiary/aromatic N) is 1. The third-order valence-electron chi connectivity index (χ3n) is 8.45. The van der Waals surface area contributed by atoms with Gasteiger partial charge in [-0.1, -0.05) is 54.1 Å². The Labute approximate surface area is 278 Å². The Morgan fingerprint density at radius 1 is 0.936 bits per heavy atom. The molecule has 0 aromatic heterocycles. The highest BCUT2D eigenvalue weighted by Gasteiger charge is 2.39. The van der Waals surface area contributed by atoms with E-state index in [2.05, 4.69) is 16.0 Å². The fraction of sp³-hybridized carbons (Fsp3) is 0.286. The number of likely N-dealkylation sites (N-methyl/N-ethyl adjacent to an activating group) is 1. The molecule has 4 aromatic rings. The summed E-state index contributed by atoms with van der Waals surface area (Å²) in [5.41, 5.74) is 1.31. The Bertz CT molecular complexity index is 1800. The summed E-state index contributed by atoms with van der Waals surface area (Å²) >= 11 is 6.29. The van der Waals surface area contributed by atoms with Gasteiger partial charge >= 0.3 is 0 Å². The van der Waals surface area contributed by atoms with E-state index < -0.39 is 57.4 Å². The molecular formula is C35H36ClF3N4O3S. The van der Waals surface area contributed by atoms with Crippen LogP contribution in [0.2, 0.25) is 5.02 Å². The van der Waals surface area contributed by atoms with Gasteiger partial charge in [-0.2, -0.15) is 4.31 Å². The van der Waals surface area contributed by atoms with Gasteiger partial charge in [-0.15, -0.1) is 0 Å². The van der Waals surface area contributed by atoms with Gasteiger partial charge in [0.05, 0.1) is 11.1 Å². The fourth-order valence-electron chi connectivity index (χ4n) is 6.31. The molecule has 1 fully saturated rings. The second-order valence-electron chi connectivity index (χ2n) is 11.6. The molecule has 248 valence electrons. The summed E-state index contributed by atoms with van der Waals surface area (Å²) in [6, 6.07) is 20.2. The van der Waals surface area contributed by atoms with Crippen LogP contribution in [0.1, 0.15) is 36.0 Å². The summed E-state index contributed by atoms with van der Waals surface area (Å²) in [6.07, 6.45) is 0.354. The number of amides is 1. The molecule has 1 heterocycles. The molecule has 0 spiro atoms. The zero-order valence-electron chi connectivity index (χ0n) is 25.9. The summed E-state index contributed by atoms with van der Waals surface area (Å²) in [5.74, 6) is -2.92. The number of hydrogen-bond acceptors (Lipinski definition) is 5. The molecule has 1 amide bonds. The predicted molar refractivity (Wildman–Crippen MR) is 177 cm³/mol. The molecule has 0 bridgehead atoms. The average Bonchev–Trinajstić information content (AvgIpc) is 3.03. The van der Waals surface area contributed by atoms with Crippen LogP contribution < -0.4 is 16.0 Å². The van der Waals surface area contributed by atoms with E-state index in [4.69, 9.17) is 11.6 Å². The van der Waals surface area contributed by atoms with Crippen molar-refractivity contribution >= 4 is 33.2 Å². The third kappa shape index (κ3) is 7.71. The minimum Gasteiger partial charge on any atom is -0.324 e. The maximum absolute atomic E-state index is 15.4. The second kappa shape index (κ2) is 15.0. The largest absolute Gasteiger partial charge is 0.324 e. The maximum atomic E-state index is 15.4. The number of piperazine rings is 1. The molecule has 47 heavy (non-hydrogen) atoms. The summed E-state index contributed by atoms with van der Waals surface area (Å²) in [4.78, 5) is 13.9. The van der Waals surface area contributed by atoms with Gasteiger partial charge in [0.2, 0.25) is 15.9 Å². The Morgan fingerprint density at radius 3 is 2.19 bits per heavy atom. The van der Waals surface area contributed by atoms with Crippen LogP contribution in [0.3, 0.4) is 0 Å². The normalized spacial score (nSPS) is 17.9. The molecule has 0 aliphatic carbocycles. The standard InChI is InChI=1S/C35H36ClF3N4O3S/c1-22-20-41-21-27(43(22)47(45,46)32-15-4-3-12-29(32)36)16-17-28-30(39)13-7-14-31(28)42-35(44)34(40-2)33(23-8-5-10-25(37)18-23)24-9-6-11-26(38)19-24/h3-15,18-19,22,27,33-34,40-41H,16-17,20-21H2,1-2H3,(H,42,44). The topological polar surface area (TPSA) is 90.5 Å². The van der Waals surface area contributed by atoms with E-state index in [-0.39, 0.29) is 34.0 Å². The average molecular weight is 685 g/mol. The van der Waals surface area contributed by atoms with E-state index in [1.54, 1.807) is 44.3 Å². The maximum Gasteiger partial charge on any atom is 0.245 e. The number of carbonyl (C=O) groups is 1. The molecule has 7 nitrogen and oxygen atoms in total. The highest BCUT2D eigenvalue weighted by Crippen LogP contribution is 2.33. The predicted octanol–water partition coefficient (Wildman–Crippen LogP) is 6.10. The number of rotatable bonds is 11. The fourth-order valence-corrected chi connectivity index (χ4v) is 8.65. The Hall–Kier alpha value is -3.74. The van der Waals surface area contributed by atoms with E-state index in [0.717, 1.165) is 0 Å². The van der Waals surface area contributed by atoms with Crippen molar-refractivity contribution < 1.29 is 26.4 Å². The van der Waals surface area contributed by atoms with Gasteiger partial charge in [-0.05, 0) is 86.5 Å². The molecule has 3 atom stereocenters. The smallest absolute Gasteiger partial charge is 0.245 e. The SMILES string of the molecule is CNC(C(=O)Nc1cccc(F)c1CCC1CNCC(C)N1S(=O)(=O)c1ccccc1Cl)C(c1cccc(F)c1)c1cccc(F)c1. The number of carbonyl (C=O) groups excluding carboxylic acids is 1. The molecular weight excluding hydrogens is 649 g/mol. The van der Waals surface area contributed by atoms with E-state index in [9.17, 15) is 22.0 Å². The highest BCUT2D eigenvalue weighted by atomic mass is 35.5. The quantitative estimate of drug-likeness (QED) is 0.178. The van der Waals surface area contributed by atoms with Crippen molar-refractivity contribution in [2.75, 3.05) is 25.5 Å². The molecule has 1 aliphatic rings. The molecule has 1 saturated heterocycles. The molecule has 3 N–H and O–H groups in total. The zero-order valence-corrected chi connectivity index (χ0v) is 27.5. The lowest BCUT2D eigenvalue weighted by atomic mass is 9.84. The number of anilines is 1. The number of sulfonamides is 1. The molecule has 0 radical (unpaired) electrons. The highest BCUT2D eigenvalue weighted by molar-refractivity contribution is 7.89. The van der Waals surface area contributed by atoms with Crippen molar-refractivity contribution in [3.63, 3.8) is 0 Å². The van der Waals surface area contributed by atoms with Gasteiger partial charge in [0.15, 0.2) is 0 Å². The minimum atomic E-state index is -3.98. The van der Waals surface area contributed by atoms with Gasteiger partial charge in [-0.25, -0.2) is 21.6 Å². The van der Waals surface area contributed by atoms with E-state index in [0.29, 0.717) is 24.2 Å². The van der Waals surface area contributed by atoms with Gasteiger partial charge in [0, 0.05) is 42.3 Å². The summed E-state index contributed by atoms with van der Waals surface area (Å²) in [5, 5.41) is 9.19. The number of halogens is 4.